The fourth-order valence-electron chi connectivity index (χ4n) is 3.32. The van der Waals surface area contributed by atoms with Crippen molar-refractivity contribution in [2.24, 2.45) is 17.8 Å². The standard InChI is InChI=1S/C12H16N2O/c15-12(7-14-4-3-13-8-14)11-6-9-1-2-10(11)5-9/h3-4,8-11H,1-2,5-7H2. The number of fused-ring (bicyclic) bond motifs is 2. The molecule has 2 bridgehead atoms. The Morgan fingerprint density at radius 1 is 1.40 bits per heavy atom. The number of aromatic nitrogens is 2. The minimum Gasteiger partial charge on any atom is -0.330 e. The number of hydrogen-bond donors (Lipinski definition) is 0. The lowest BCUT2D eigenvalue weighted by Gasteiger charge is -2.20. The van der Waals surface area contributed by atoms with Gasteiger partial charge in [-0.3, -0.25) is 4.79 Å². The Morgan fingerprint density at radius 3 is 2.93 bits per heavy atom. The summed E-state index contributed by atoms with van der Waals surface area (Å²) < 4.78 is 1.88. The van der Waals surface area contributed by atoms with Crippen molar-refractivity contribution in [3.05, 3.63) is 18.7 Å². The molecule has 3 atom stereocenters. The van der Waals surface area contributed by atoms with Gasteiger partial charge in [-0.2, -0.15) is 0 Å². The van der Waals surface area contributed by atoms with Gasteiger partial charge in [0.05, 0.1) is 12.9 Å². The summed E-state index contributed by atoms with van der Waals surface area (Å²) in [4.78, 5) is 16.0. The van der Waals surface area contributed by atoms with E-state index in [9.17, 15) is 4.79 Å². The number of hydrogen-bond acceptors (Lipinski definition) is 2. The first-order valence-corrected chi connectivity index (χ1v) is 5.81. The summed E-state index contributed by atoms with van der Waals surface area (Å²) >= 11 is 0. The molecule has 0 aliphatic heterocycles. The Kier molecular flexibility index (Phi) is 2.11. The molecule has 1 aromatic rings. The lowest BCUT2D eigenvalue weighted by atomic mass is 9.85. The second-order valence-electron chi connectivity index (χ2n) is 4.98. The van der Waals surface area contributed by atoms with Crippen LogP contribution >= 0.6 is 0 Å². The van der Waals surface area contributed by atoms with E-state index in [1.807, 2.05) is 10.8 Å². The molecule has 15 heavy (non-hydrogen) atoms. The highest BCUT2D eigenvalue weighted by Crippen LogP contribution is 2.48. The Hall–Kier alpha value is -1.12. The molecular formula is C12H16N2O. The highest BCUT2D eigenvalue weighted by Gasteiger charge is 2.42. The van der Waals surface area contributed by atoms with Crippen LogP contribution in [-0.4, -0.2) is 15.3 Å². The summed E-state index contributed by atoms with van der Waals surface area (Å²) in [5.41, 5.74) is 0. The third-order valence-electron chi connectivity index (χ3n) is 4.05. The Balaban J connectivity index is 1.66. The summed E-state index contributed by atoms with van der Waals surface area (Å²) in [7, 11) is 0. The fourth-order valence-corrected chi connectivity index (χ4v) is 3.32. The van der Waals surface area contributed by atoms with Crippen molar-refractivity contribution in [2.75, 3.05) is 0 Å². The van der Waals surface area contributed by atoms with Crippen molar-refractivity contribution in [2.45, 2.75) is 32.2 Å². The number of imidazole rings is 1. The van der Waals surface area contributed by atoms with Crippen LogP contribution in [0.3, 0.4) is 0 Å². The van der Waals surface area contributed by atoms with Crippen molar-refractivity contribution in [3.8, 4) is 0 Å². The number of rotatable bonds is 3. The topological polar surface area (TPSA) is 34.9 Å². The molecule has 2 fully saturated rings. The van der Waals surface area contributed by atoms with Crippen LogP contribution < -0.4 is 0 Å². The van der Waals surface area contributed by atoms with Gasteiger partial charge in [0.2, 0.25) is 0 Å². The number of carbonyl (C=O) groups excluding carboxylic acids is 1. The van der Waals surface area contributed by atoms with Crippen molar-refractivity contribution in [1.29, 1.82) is 0 Å². The van der Waals surface area contributed by atoms with Gasteiger partial charge in [0.25, 0.3) is 0 Å². The van der Waals surface area contributed by atoms with Crippen LogP contribution in [-0.2, 0) is 11.3 Å². The van der Waals surface area contributed by atoms with E-state index in [2.05, 4.69) is 4.98 Å². The van der Waals surface area contributed by atoms with Crippen LogP contribution in [0.5, 0.6) is 0 Å². The Labute approximate surface area is 89.5 Å². The maximum absolute atomic E-state index is 12.1. The number of Topliss-reactive ketones (excluding diaryl/α,β-unsaturated/α-hetero) is 1. The van der Waals surface area contributed by atoms with Crippen LogP contribution in [0.25, 0.3) is 0 Å². The van der Waals surface area contributed by atoms with Gasteiger partial charge in [0, 0.05) is 18.3 Å². The smallest absolute Gasteiger partial charge is 0.155 e. The molecule has 0 spiro atoms. The van der Waals surface area contributed by atoms with Gasteiger partial charge in [0.15, 0.2) is 5.78 Å². The molecule has 2 saturated carbocycles. The van der Waals surface area contributed by atoms with Crippen LogP contribution in [0, 0.1) is 17.8 Å². The zero-order chi connectivity index (χ0) is 10.3. The molecule has 3 heteroatoms. The summed E-state index contributed by atoms with van der Waals surface area (Å²) in [6.07, 6.45) is 10.4. The predicted molar refractivity (Wildman–Crippen MR) is 56.2 cm³/mol. The van der Waals surface area contributed by atoms with E-state index in [4.69, 9.17) is 0 Å². The third kappa shape index (κ3) is 1.60. The Bertz CT molecular complexity index is 358. The molecule has 1 aromatic heterocycles. The monoisotopic (exact) mass is 204 g/mol. The van der Waals surface area contributed by atoms with E-state index >= 15 is 0 Å². The predicted octanol–water partition coefficient (Wildman–Crippen LogP) is 1.89. The van der Waals surface area contributed by atoms with Gasteiger partial charge in [-0.25, -0.2) is 4.98 Å². The average molecular weight is 204 g/mol. The van der Waals surface area contributed by atoms with Crippen LogP contribution in [0.1, 0.15) is 25.7 Å². The van der Waals surface area contributed by atoms with Crippen molar-refractivity contribution < 1.29 is 4.79 Å². The first-order valence-electron chi connectivity index (χ1n) is 5.81. The van der Waals surface area contributed by atoms with Crippen molar-refractivity contribution >= 4 is 5.78 Å². The molecular weight excluding hydrogens is 188 g/mol. The van der Waals surface area contributed by atoms with Crippen LogP contribution in [0.4, 0.5) is 0 Å². The van der Waals surface area contributed by atoms with E-state index < -0.39 is 0 Å². The fraction of sp³-hybridized carbons (Fsp3) is 0.667. The van der Waals surface area contributed by atoms with Gasteiger partial charge in [-0.15, -0.1) is 0 Å². The average Bonchev–Trinajstić information content (AvgIpc) is 2.93. The molecule has 3 unspecified atom stereocenters. The Morgan fingerprint density at radius 2 is 2.33 bits per heavy atom. The maximum atomic E-state index is 12.1. The minimum atomic E-state index is 0.353. The molecule has 0 radical (unpaired) electrons. The quantitative estimate of drug-likeness (QED) is 0.753. The van der Waals surface area contributed by atoms with Crippen LogP contribution in [0.15, 0.2) is 18.7 Å². The van der Waals surface area contributed by atoms with Gasteiger partial charge in [0.1, 0.15) is 0 Å². The molecule has 1 heterocycles. The van der Waals surface area contributed by atoms with Gasteiger partial charge < -0.3 is 4.57 Å². The lowest BCUT2D eigenvalue weighted by molar-refractivity contribution is -0.124. The summed E-state index contributed by atoms with van der Waals surface area (Å²) in [6, 6.07) is 0. The highest BCUT2D eigenvalue weighted by atomic mass is 16.1. The molecule has 0 saturated heterocycles. The lowest BCUT2D eigenvalue weighted by Crippen LogP contribution is -2.24. The van der Waals surface area contributed by atoms with E-state index in [0.29, 0.717) is 24.2 Å². The molecule has 3 nitrogen and oxygen atoms in total. The summed E-state index contributed by atoms with van der Waals surface area (Å²) in [5, 5.41) is 0. The molecule has 0 N–H and O–H groups in total. The van der Waals surface area contributed by atoms with E-state index in [1.54, 1.807) is 12.5 Å². The van der Waals surface area contributed by atoms with Gasteiger partial charge in [-0.1, -0.05) is 6.42 Å². The number of ketones is 1. The van der Waals surface area contributed by atoms with E-state index in [0.717, 1.165) is 12.3 Å². The third-order valence-corrected chi connectivity index (χ3v) is 4.05. The number of carbonyl (C=O) groups is 1. The number of nitrogens with zero attached hydrogens (tertiary/aromatic N) is 2. The zero-order valence-corrected chi connectivity index (χ0v) is 8.80. The van der Waals surface area contributed by atoms with Crippen LogP contribution in [0.2, 0.25) is 0 Å². The molecule has 0 amide bonds. The summed E-state index contributed by atoms with van der Waals surface area (Å²) in [6.45, 7) is 0.522. The minimum absolute atomic E-state index is 0.353. The second kappa shape index (κ2) is 3.47. The van der Waals surface area contributed by atoms with Crippen molar-refractivity contribution in [1.82, 2.24) is 9.55 Å². The maximum Gasteiger partial charge on any atom is 0.155 e. The molecule has 3 rings (SSSR count). The normalized spacial score (nSPS) is 33.5. The first kappa shape index (κ1) is 9.13. The highest BCUT2D eigenvalue weighted by molar-refractivity contribution is 5.81. The molecule has 80 valence electrons. The molecule has 0 aromatic carbocycles. The zero-order valence-electron chi connectivity index (χ0n) is 8.80. The van der Waals surface area contributed by atoms with Gasteiger partial charge in [-0.05, 0) is 31.1 Å². The first-order chi connectivity index (χ1) is 7.33. The largest absolute Gasteiger partial charge is 0.330 e. The second-order valence-corrected chi connectivity index (χ2v) is 4.98. The van der Waals surface area contributed by atoms with Gasteiger partial charge >= 0.3 is 0 Å². The van der Waals surface area contributed by atoms with E-state index in [-0.39, 0.29) is 0 Å². The molecule has 2 aliphatic rings. The van der Waals surface area contributed by atoms with E-state index in [1.165, 1.54) is 19.3 Å². The van der Waals surface area contributed by atoms with Crippen molar-refractivity contribution in [3.63, 3.8) is 0 Å². The SMILES string of the molecule is O=C(Cn1ccnc1)C1CC2CCC1C2. The molecule has 2 aliphatic carbocycles. The summed E-state index contributed by atoms with van der Waals surface area (Å²) in [5.74, 6) is 2.32.